The molecule has 0 aliphatic carbocycles. The minimum atomic E-state index is -0.260. The molecule has 5 nitrogen and oxygen atoms in total. The molecule has 0 spiro atoms. The van der Waals surface area contributed by atoms with Gasteiger partial charge in [0, 0.05) is 23.3 Å². The highest BCUT2D eigenvalue weighted by Crippen LogP contribution is 2.19. The number of para-hydroxylation sites is 1. The molecule has 0 radical (unpaired) electrons. The summed E-state index contributed by atoms with van der Waals surface area (Å²) in [6, 6.07) is 20.8. The fourth-order valence-corrected chi connectivity index (χ4v) is 2.65. The monoisotopic (exact) mass is 326 g/mol. The highest BCUT2D eigenvalue weighted by Gasteiger charge is 2.12. The molecular weight excluding hydrogens is 312 g/mol. The standard InChI is InChI=1S/C20H14N4O/c25-19(16-10-12-21-18-9-5-4-8-15(16)18)24-20-22-13-11-17(23-20)14-6-2-1-3-7-14/h1-13H,(H,22,23,24,25). The summed E-state index contributed by atoms with van der Waals surface area (Å²) >= 11 is 0. The van der Waals surface area contributed by atoms with Crippen LogP contribution in [0.2, 0.25) is 0 Å². The minimum Gasteiger partial charge on any atom is -0.290 e. The van der Waals surface area contributed by atoms with Gasteiger partial charge in [-0.25, -0.2) is 9.97 Å². The zero-order valence-electron chi connectivity index (χ0n) is 13.3. The number of aromatic nitrogens is 3. The fraction of sp³-hybridized carbons (Fsp3) is 0. The Bertz CT molecular complexity index is 1040. The van der Waals surface area contributed by atoms with Gasteiger partial charge in [0.05, 0.1) is 16.8 Å². The van der Waals surface area contributed by atoms with Crippen molar-refractivity contribution in [2.24, 2.45) is 0 Å². The summed E-state index contributed by atoms with van der Waals surface area (Å²) in [5.74, 6) is 0.0102. The Balaban J connectivity index is 1.65. The summed E-state index contributed by atoms with van der Waals surface area (Å²) in [5, 5.41) is 3.56. The number of nitrogens with zero attached hydrogens (tertiary/aromatic N) is 3. The summed E-state index contributed by atoms with van der Waals surface area (Å²) in [7, 11) is 0. The van der Waals surface area contributed by atoms with E-state index in [1.807, 2.05) is 60.7 Å². The van der Waals surface area contributed by atoms with E-state index in [-0.39, 0.29) is 11.9 Å². The third-order valence-corrected chi connectivity index (χ3v) is 3.84. The number of benzene rings is 2. The summed E-state index contributed by atoms with van der Waals surface area (Å²) in [5.41, 5.74) is 3.04. The fourth-order valence-electron chi connectivity index (χ4n) is 2.65. The number of rotatable bonds is 3. The predicted molar refractivity (Wildman–Crippen MR) is 97.2 cm³/mol. The Morgan fingerprint density at radius 3 is 2.44 bits per heavy atom. The molecule has 120 valence electrons. The first-order valence-corrected chi connectivity index (χ1v) is 7.85. The predicted octanol–water partition coefficient (Wildman–Crippen LogP) is 3.94. The first-order chi connectivity index (χ1) is 12.3. The molecule has 0 aliphatic heterocycles. The van der Waals surface area contributed by atoms with Crippen molar-refractivity contribution in [1.82, 2.24) is 15.0 Å². The molecular formula is C20H14N4O. The van der Waals surface area contributed by atoms with Gasteiger partial charge in [-0.1, -0.05) is 48.5 Å². The largest absolute Gasteiger partial charge is 0.290 e. The average Bonchev–Trinajstić information content (AvgIpc) is 2.68. The molecule has 5 heteroatoms. The summed E-state index contributed by atoms with van der Waals surface area (Å²) < 4.78 is 0. The molecule has 0 saturated heterocycles. The number of carbonyl (C=O) groups excluding carboxylic acids is 1. The van der Waals surface area contributed by atoms with Crippen molar-refractivity contribution in [3.8, 4) is 11.3 Å². The molecule has 1 amide bonds. The van der Waals surface area contributed by atoms with Crippen LogP contribution in [0.3, 0.4) is 0 Å². The van der Waals surface area contributed by atoms with E-state index >= 15 is 0 Å². The zero-order valence-corrected chi connectivity index (χ0v) is 13.3. The molecule has 0 unspecified atom stereocenters. The van der Waals surface area contributed by atoms with Gasteiger partial charge < -0.3 is 0 Å². The number of hydrogen-bond acceptors (Lipinski definition) is 4. The highest BCUT2D eigenvalue weighted by molar-refractivity contribution is 6.11. The van der Waals surface area contributed by atoms with Crippen molar-refractivity contribution < 1.29 is 4.79 Å². The van der Waals surface area contributed by atoms with E-state index in [0.717, 1.165) is 22.2 Å². The van der Waals surface area contributed by atoms with Crippen LogP contribution in [-0.2, 0) is 0 Å². The molecule has 25 heavy (non-hydrogen) atoms. The van der Waals surface area contributed by atoms with E-state index in [0.29, 0.717) is 5.56 Å². The lowest BCUT2D eigenvalue weighted by Crippen LogP contribution is -2.15. The SMILES string of the molecule is O=C(Nc1nccc(-c2ccccc2)n1)c1ccnc2ccccc12. The second-order valence-corrected chi connectivity index (χ2v) is 5.46. The van der Waals surface area contributed by atoms with Crippen LogP contribution in [0.4, 0.5) is 5.95 Å². The van der Waals surface area contributed by atoms with Gasteiger partial charge in [-0.3, -0.25) is 15.1 Å². The van der Waals surface area contributed by atoms with Crippen LogP contribution in [0.25, 0.3) is 22.2 Å². The Kier molecular flexibility index (Phi) is 3.88. The van der Waals surface area contributed by atoms with Gasteiger partial charge in [-0.05, 0) is 18.2 Å². The zero-order chi connectivity index (χ0) is 17.1. The first kappa shape index (κ1) is 15.0. The topological polar surface area (TPSA) is 67.8 Å². The molecule has 0 aliphatic rings. The normalized spacial score (nSPS) is 10.6. The molecule has 4 aromatic rings. The third-order valence-electron chi connectivity index (χ3n) is 3.84. The van der Waals surface area contributed by atoms with Crippen LogP contribution in [0, 0.1) is 0 Å². The van der Waals surface area contributed by atoms with Gasteiger partial charge in [-0.2, -0.15) is 0 Å². The van der Waals surface area contributed by atoms with Crippen molar-refractivity contribution in [3.63, 3.8) is 0 Å². The Morgan fingerprint density at radius 2 is 1.56 bits per heavy atom. The molecule has 0 saturated carbocycles. The maximum atomic E-state index is 12.7. The van der Waals surface area contributed by atoms with Crippen molar-refractivity contribution in [1.29, 1.82) is 0 Å². The lowest BCUT2D eigenvalue weighted by molar-refractivity contribution is 0.102. The molecule has 2 aromatic heterocycles. The quantitative estimate of drug-likeness (QED) is 0.619. The van der Waals surface area contributed by atoms with Crippen molar-refractivity contribution in [2.45, 2.75) is 0 Å². The van der Waals surface area contributed by atoms with Crippen LogP contribution in [0.5, 0.6) is 0 Å². The summed E-state index contributed by atoms with van der Waals surface area (Å²) in [6.07, 6.45) is 3.26. The second kappa shape index (κ2) is 6.49. The van der Waals surface area contributed by atoms with Crippen molar-refractivity contribution in [3.05, 3.63) is 84.7 Å². The number of fused-ring (bicyclic) bond motifs is 1. The highest BCUT2D eigenvalue weighted by atomic mass is 16.1. The van der Waals surface area contributed by atoms with E-state index in [1.54, 1.807) is 18.5 Å². The summed E-state index contributed by atoms with van der Waals surface area (Å²) in [6.45, 7) is 0. The van der Waals surface area contributed by atoms with Crippen LogP contribution < -0.4 is 5.32 Å². The Hall–Kier alpha value is -3.60. The maximum Gasteiger partial charge on any atom is 0.258 e. The Morgan fingerprint density at radius 1 is 0.800 bits per heavy atom. The van der Waals surface area contributed by atoms with Gasteiger partial charge in [0.2, 0.25) is 5.95 Å². The van der Waals surface area contributed by atoms with Crippen LogP contribution >= 0.6 is 0 Å². The van der Waals surface area contributed by atoms with Gasteiger partial charge in [0.25, 0.3) is 5.91 Å². The number of carbonyl (C=O) groups is 1. The number of anilines is 1. The van der Waals surface area contributed by atoms with Crippen molar-refractivity contribution in [2.75, 3.05) is 5.32 Å². The molecule has 0 bridgehead atoms. The smallest absolute Gasteiger partial charge is 0.258 e. The van der Waals surface area contributed by atoms with Crippen molar-refractivity contribution >= 4 is 22.8 Å². The lowest BCUT2D eigenvalue weighted by atomic mass is 10.1. The number of pyridine rings is 1. The average molecular weight is 326 g/mol. The first-order valence-electron chi connectivity index (χ1n) is 7.85. The molecule has 2 aromatic carbocycles. The number of amides is 1. The van der Waals surface area contributed by atoms with E-state index in [4.69, 9.17) is 0 Å². The van der Waals surface area contributed by atoms with Crippen LogP contribution in [0.15, 0.2) is 79.1 Å². The molecule has 0 fully saturated rings. The number of nitrogens with one attached hydrogen (secondary N) is 1. The second-order valence-electron chi connectivity index (χ2n) is 5.46. The minimum absolute atomic E-state index is 0.260. The lowest BCUT2D eigenvalue weighted by Gasteiger charge is -2.07. The van der Waals surface area contributed by atoms with Gasteiger partial charge >= 0.3 is 0 Å². The van der Waals surface area contributed by atoms with Crippen LogP contribution in [0.1, 0.15) is 10.4 Å². The number of hydrogen-bond donors (Lipinski definition) is 1. The third kappa shape index (κ3) is 3.07. The van der Waals surface area contributed by atoms with Gasteiger partial charge in [0.1, 0.15) is 0 Å². The maximum absolute atomic E-state index is 12.7. The molecule has 0 atom stereocenters. The Labute approximate surface area is 144 Å². The van der Waals surface area contributed by atoms with E-state index in [2.05, 4.69) is 20.3 Å². The van der Waals surface area contributed by atoms with E-state index in [9.17, 15) is 4.79 Å². The molecule has 2 heterocycles. The van der Waals surface area contributed by atoms with Gasteiger partial charge in [0.15, 0.2) is 0 Å². The molecule has 4 rings (SSSR count). The van der Waals surface area contributed by atoms with E-state index < -0.39 is 0 Å². The van der Waals surface area contributed by atoms with Gasteiger partial charge in [-0.15, -0.1) is 0 Å². The molecule has 1 N–H and O–H groups in total. The van der Waals surface area contributed by atoms with Crippen LogP contribution in [-0.4, -0.2) is 20.9 Å². The summed E-state index contributed by atoms with van der Waals surface area (Å²) in [4.78, 5) is 25.5. The van der Waals surface area contributed by atoms with E-state index in [1.165, 1.54) is 0 Å².